The van der Waals surface area contributed by atoms with E-state index in [1.54, 1.807) is 12.4 Å². The van der Waals surface area contributed by atoms with Crippen LogP contribution in [-0.2, 0) is 4.74 Å². The molecule has 1 aromatic heterocycles. The van der Waals surface area contributed by atoms with Crippen LogP contribution in [0.2, 0.25) is 0 Å². The molecule has 1 aromatic rings. The van der Waals surface area contributed by atoms with E-state index in [0.717, 1.165) is 65.3 Å². The number of amides is 1. The summed E-state index contributed by atoms with van der Waals surface area (Å²) in [5, 5.41) is 0. The van der Waals surface area contributed by atoms with E-state index < -0.39 is 0 Å². The van der Waals surface area contributed by atoms with Gasteiger partial charge < -0.3 is 14.5 Å². The van der Waals surface area contributed by atoms with Crippen LogP contribution in [0.5, 0.6) is 0 Å². The molecule has 3 aliphatic heterocycles. The maximum absolute atomic E-state index is 12.7. The maximum Gasteiger partial charge on any atom is 0.255 e. The van der Waals surface area contributed by atoms with Crippen LogP contribution in [0.25, 0.3) is 0 Å². The van der Waals surface area contributed by atoms with Crippen LogP contribution in [0.4, 0.5) is 0 Å². The topological polar surface area (TPSA) is 48.9 Å². The molecule has 0 saturated carbocycles. The molecule has 4 rings (SSSR count). The second-order valence-corrected chi connectivity index (χ2v) is 8.22. The molecule has 1 amide bonds. The third kappa shape index (κ3) is 3.77. The monoisotopic (exact) mass is 358 g/mol. The van der Waals surface area contributed by atoms with E-state index in [9.17, 15) is 4.79 Å². The number of hydrogen-bond acceptors (Lipinski definition) is 5. The average Bonchev–Trinajstić information content (AvgIpc) is 2.98. The minimum atomic E-state index is 0.129. The Morgan fingerprint density at radius 3 is 2.73 bits per heavy atom. The van der Waals surface area contributed by atoms with E-state index in [1.807, 2.05) is 17.0 Å². The first-order chi connectivity index (χ1) is 12.7. The Hall–Kier alpha value is -1.50. The van der Waals surface area contributed by atoms with Crippen molar-refractivity contribution in [2.45, 2.75) is 25.3 Å². The van der Waals surface area contributed by atoms with E-state index in [1.165, 1.54) is 6.42 Å². The summed E-state index contributed by atoms with van der Waals surface area (Å²) in [6.07, 6.45) is 6.88. The van der Waals surface area contributed by atoms with Crippen molar-refractivity contribution in [3.05, 3.63) is 30.1 Å². The van der Waals surface area contributed by atoms with E-state index >= 15 is 0 Å². The number of pyridine rings is 1. The van der Waals surface area contributed by atoms with Gasteiger partial charge in [0.25, 0.3) is 5.91 Å². The summed E-state index contributed by atoms with van der Waals surface area (Å²) in [7, 11) is 2.27. The van der Waals surface area contributed by atoms with Crippen LogP contribution in [0.1, 0.15) is 29.6 Å². The van der Waals surface area contributed by atoms with E-state index in [0.29, 0.717) is 17.0 Å². The number of morpholine rings is 1. The summed E-state index contributed by atoms with van der Waals surface area (Å²) >= 11 is 0. The van der Waals surface area contributed by atoms with Crippen LogP contribution in [0.15, 0.2) is 24.5 Å². The molecule has 26 heavy (non-hydrogen) atoms. The number of carbonyl (C=O) groups is 1. The van der Waals surface area contributed by atoms with Gasteiger partial charge in [-0.2, -0.15) is 0 Å². The van der Waals surface area contributed by atoms with Gasteiger partial charge >= 0.3 is 0 Å². The molecule has 0 radical (unpaired) electrons. The normalized spacial score (nSPS) is 27.1. The lowest BCUT2D eigenvalue weighted by molar-refractivity contribution is 0.0283. The summed E-state index contributed by atoms with van der Waals surface area (Å²) in [5.74, 6) is 0.129. The molecule has 1 atom stereocenters. The fourth-order valence-electron chi connectivity index (χ4n) is 4.88. The Labute approximate surface area is 156 Å². The smallest absolute Gasteiger partial charge is 0.255 e. The zero-order valence-corrected chi connectivity index (χ0v) is 15.8. The molecule has 0 aromatic carbocycles. The third-order valence-corrected chi connectivity index (χ3v) is 6.47. The Morgan fingerprint density at radius 1 is 1.27 bits per heavy atom. The number of nitrogens with zero attached hydrogens (tertiary/aromatic N) is 4. The van der Waals surface area contributed by atoms with Crippen molar-refractivity contribution in [3.8, 4) is 0 Å². The van der Waals surface area contributed by atoms with Gasteiger partial charge in [0.15, 0.2) is 0 Å². The summed E-state index contributed by atoms with van der Waals surface area (Å²) in [5.41, 5.74) is 1.09. The lowest BCUT2D eigenvalue weighted by Crippen LogP contribution is -2.44. The van der Waals surface area contributed by atoms with Crippen molar-refractivity contribution >= 4 is 5.91 Å². The first-order valence-corrected chi connectivity index (χ1v) is 9.85. The van der Waals surface area contributed by atoms with Gasteiger partial charge in [-0.25, -0.2) is 0 Å². The van der Waals surface area contributed by atoms with Gasteiger partial charge in [0.05, 0.1) is 18.8 Å². The molecule has 1 spiro atoms. The minimum absolute atomic E-state index is 0.129. The van der Waals surface area contributed by atoms with Crippen molar-refractivity contribution in [2.75, 3.05) is 59.5 Å². The standard InChI is InChI=1S/C20H30N4O2/c1-22-16-20(13-18(22)15-23-9-11-26-12-10-23)4-7-24(8-5-20)19(25)17-3-2-6-21-14-17/h2-3,6,14,18H,4-5,7-13,15-16H2,1H3. The molecule has 0 aliphatic carbocycles. The third-order valence-electron chi connectivity index (χ3n) is 6.47. The Bertz CT molecular complexity index is 609. The van der Waals surface area contributed by atoms with Gasteiger partial charge in [0, 0.05) is 57.7 Å². The quantitative estimate of drug-likeness (QED) is 0.816. The van der Waals surface area contributed by atoms with Crippen LogP contribution in [0.3, 0.4) is 0 Å². The Balaban J connectivity index is 1.33. The highest BCUT2D eigenvalue weighted by Crippen LogP contribution is 2.43. The molecule has 6 heteroatoms. The number of likely N-dealkylation sites (N-methyl/N-ethyl adjacent to an activating group) is 1. The first-order valence-electron chi connectivity index (χ1n) is 9.85. The number of hydrogen-bond donors (Lipinski definition) is 0. The second-order valence-electron chi connectivity index (χ2n) is 8.22. The van der Waals surface area contributed by atoms with Crippen LogP contribution >= 0.6 is 0 Å². The SMILES string of the molecule is CN1CC2(CCN(C(=O)c3cccnc3)CC2)CC1CN1CCOCC1. The maximum atomic E-state index is 12.7. The van der Waals surface area contributed by atoms with E-state index in [4.69, 9.17) is 4.74 Å². The number of aromatic nitrogens is 1. The fourth-order valence-corrected chi connectivity index (χ4v) is 4.88. The van der Waals surface area contributed by atoms with Crippen LogP contribution in [-0.4, -0.2) is 91.2 Å². The van der Waals surface area contributed by atoms with E-state index in [-0.39, 0.29) is 5.91 Å². The highest BCUT2D eigenvalue weighted by atomic mass is 16.5. The molecular formula is C20H30N4O2. The van der Waals surface area contributed by atoms with Gasteiger partial charge in [-0.15, -0.1) is 0 Å². The molecule has 0 bridgehead atoms. The van der Waals surface area contributed by atoms with Gasteiger partial charge in [-0.1, -0.05) is 0 Å². The van der Waals surface area contributed by atoms with Crippen LogP contribution in [0, 0.1) is 5.41 Å². The number of rotatable bonds is 3. The zero-order valence-electron chi connectivity index (χ0n) is 15.8. The Kier molecular flexibility index (Phi) is 5.25. The first kappa shape index (κ1) is 17.9. The number of carbonyl (C=O) groups excluding carboxylic acids is 1. The highest BCUT2D eigenvalue weighted by molar-refractivity contribution is 5.93. The predicted octanol–water partition coefficient (Wildman–Crippen LogP) is 1.34. The number of piperidine rings is 1. The fraction of sp³-hybridized carbons (Fsp3) is 0.700. The average molecular weight is 358 g/mol. The molecular weight excluding hydrogens is 328 g/mol. The van der Waals surface area contributed by atoms with Gasteiger partial charge in [-0.3, -0.25) is 14.7 Å². The largest absolute Gasteiger partial charge is 0.379 e. The molecule has 1 unspecified atom stereocenters. The lowest BCUT2D eigenvalue weighted by Gasteiger charge is -2.39. The number of ether oxygens (including phenoxy) is 1. The molecule has 0 N–H and O–H groups in total. The molecule has 6 nitrogen and oxygen atoms in total. The van der Waals surface area contributed by atoms with Gasteiger partial charge in [0.1, 0.15) is 0 Å². The Morgan fingerprint density at radius 2 is 2.04 bits per heavy atom. The molecule has 3 saturated heterocycles. The summed E-state index contributed by atoms with van der Waals surface area (Å²) in [6, 6.07) is 4.33. The summed E-state index contributed by atoms with van der Waals surface area (Å²) in [6.45, 7) is 7.91. The molecule has 4 heterocycles. The lowest BCUT2D eigenvalue weighted by atomic mass is 9.76. The van der Waals surface area contributed by atoms with Crippen LogP contribution < -0.4 is 0 Å². The molecule has 3 aliphatic rings. The number of likely N-dealkylation sites (tertiary alicyclic amines) is 2. The van der Waals surface area contributed by atoms with Crippen molar-refractivity contribution < 1.29 is 9.53 Å². The second kappa shape index (κ2) is 7.62. The van der Waals surface area contributed by atoms with Gasteiger partial charge in [-0.05, 0) is 43.9 Å². The summed E-state index contributed by atoms with van der Waals surface area (Å²) < 4.78 is 5.47. The zero-order chi connectivity index (χ0) is 18.0. The predicted molar refractivity (Wildman–Crippen MR) is 100 cm³/mol. The van der Waals surface area contributed by atoms with Crippen molar-refractivity contribution in [3.63, 3.8) is 0 Å². The molecule has 142 valence electrons. The van der Waals surface area contributed by atoms with E-state index in [2.05, 4.69) is 21.8 Å². The van der Waals surface area contributed by atoms with Gasteiger partial charge in [0.2, 0.25) is 0 Å². The molecule has 3 fully saturated rings. The minimum Gasteiger partial charge on any atom is -0.379 e. The van der Waals surface area contributed by atoms with Crippen molar-refractivity contribution in [1.29, 1.82) is 0 Å². The van der Waals surface area contributed by atoms with Crippen molar-refractivity contribution in [2.24, 2.45) is 5.41 Å². The highest BCUT2D eigenvalue weighted by Gasteiger charge is 2.45. The summed E-state index contributed by atoms with van der Waals surface area (Å²) in [4.78, 5) is 23.8. The van der Waals surface area contributed by atoms with Crippen molar-refractivity contribution in [1.82, 2.24) is 19.7 Å².